The highest BCUT2D eigenvalue weighted by Crippen LogP contribution is 2.14. The van der Waals surface area contributed by atoms with Crippen molar-refractivity contribution in [3.05, 3.63) is 35.4 Å². The van der Waals surface area contributed by atoms with Crippen LogP contribution in [0, 0.1) is 0 Å². The number of nitrogens with zero attached hydrogens (tertiary/aromatic N) is 2. The Morgan fingerprint density at radius 1 is 1.32 bits per heavy atom. The smallest absolute Gasteiger partial charge is 0.251 e. The number of carbonyl (C=O) groups is 1. The monoisotopic (exact) mass is 346 g/mol. The zero-order chi connectivity index (χ0) is 18.1. The van der Waals surface area contributed by atoms with Crippen molar-refractivity contribution in [3.8, 4) is 0 Å². The number of ether oxygens (including phenoxy) is 1. The van der Waals surface area contributed by atoms with Crippen molar-refractivity contribution in [1.29, 1.82) is 0 Å². The molecule has 0 bridgehead atoms. The zero-order valence-corrected chi connectivity index (χ0v) is 15.5. The molecular weight excluding hydrogens is 316 g/mol. The van der Waals surface area contributed by atoms with Crippen LogP contribution < -0.4 is 10.6 Å². The van der Waals surface area contributed by atoms with Gasteiger partial charge in [-0.05, 0) is 44.4 Å². The molecule has 0 unspecified atom stereocenters. The number of hydrogen-bond donors (Lipinski definition) is 2. The van der Waals surface area contributed by atoms with Crippen LogP contribution in [-0.2, 0) is 11.3 Å². The molecule has 1 saturated heterocycles. The van der Waals surface area contributed by atoms with Gasteiger partial charge >= 0.3 is 0 Å². The molecule has 0 saturated carbocycles. The fourth-order valence-electron chi connectivity index (χ4n) is 3.02. The van der Waals surface area contributed by atoms with E-state index in [0.29, 0.717) is 18.2 Å². The first kappa shape index (κ1) is 19.2. The van der Waals surface area contributed by atoms with Crippen LogP contribution in [0.15, 0.2) is 29.3 Å². The summed E-state index contributed by atoms with van der Waals surface area (Å²) in [5.41, 5.74) is 1.69. The molecular formula is C19H30N4O2. The van der Waals surface area contributed by atoms with Gasteiger partial charge in [-0.1, -0.05) is 12.1 Å². The first-order chi connectivity index (χ1) is 12.2. The van der Waals surface area contributed by atoms with Crippen LogP contribution in [0.5, 0.6) is 0 Å². The fraction of sp³-hybridized carbons (Fsp3) is 0.579. The minimum Gasteiger partial charge on any atom is -0.378 e. The Morgan fingerprint density at radius 2 is 2.08 bits per heavy atom. The predicted molar refractivity (Wildman–Crippen MR) is 101 cm³/mol. The van der Waals surface area contributed by atoms with Gasteiger partial charge in [0.15, 0.2) is 5.96 Å². The van der Waals surface area contributed by atoms with Gasteiger partial charge in [0, 0.05) is 38.9 Å². The van der Waals surface area contributed by atoms with E-state index in [2.05, 4.69) is 22.5 Å². The number of guanidine groups is 1. The van der Waals surface area contributed by atoms with E-state index in [1.54, 1.807) is 7.05 Å². The second-order valence-corrected chi connectivity index (χ2v) is 6.09. The lowest BCUT2D eigenvalue weighted by Crippen LogP contribution is -2.47. The van der Waals surface area contributed by atoms with E-state index in [1.807, 2.05) is 31.2 Å². The summed E-state index contributed by atoms with van der Waals surface area (Å²) < 4.78 is 5.72. The topological polar surface area (TPSA) is 66.0 Å². The second-order valence-electron chi connectivity index (χ2n) is 6.09. The Balaban J connectivity index is 2.01. The minimum absolute atomic E-state index is 0.0734. The molecule has 0 aromatic heterocycles. The van der Waals surface area contributed by atoms with E-state index in [4.69, 9.17) is 9.73 Å². The van der Waals surface area contributed by atoms with Gasteiger partial charge in [0.25, 0.3) is 5.91 Å². The Bertz CT molecular complexity index is 581. The van der Waals surface area contributed by atoms with Crippen LogP contribution in [0.2, 0.25) is 0 Å². The quantitative estimate of drug-likeness (QED) is 0.611. The van der Waals surface area contributed by atoms with Crippen LogP contribution in [0.4, 0.5) is 0 Å². The number of aliphatic imine (C=N–C) groups is 1. The highest BCUT2D eigenvalue weighted by atomic mass is 16.5. The third-order valence-electron chi connectivity index (χ3n) is 4.31. The summed E-state index contributed by atoms with van der Waals surface area (Å²) in [6.07, 6.45) is 2.43. The van der Waals surface area contributed by atoms with Crippen molar-refractivity contribution >= 4 is 11.9 Å². The number of nitrogens with one attached hydrogen (secondary N) is 2. The number of amides is 1. The van der Waals surface area contributed by atoms with Crippen LogP contribution in [0.1, 0.15) is 42.6 Å². The molecule has 2 N–H and O–H groups in total. The summed E-state index contributed by atoms with van der Waals surface area (Å²) in [6, 6.07) is 7.61. The Hall–Kier alpha value is -2.08. The van der Waals surface area contributed by atoms with Crippen molar-refractivity contribution in [2.24, 2.45) is 4.99 Å². The van der Waals surface area contributed by atoms with E-state index in [0.717, 1.165) is 50.6 Å². The summed E-state index contributed by atoms with van der Waals surface area (Å²) in [6.45, 7) is 8.20. The standard InChI is InChI=1S/C19H30N4O2/c1-4-21-19(23-11-9-17(10-12-23)25-5-2)22-14-15-7-6-8-16(13-15)18(24)20-3/h6-8,13,17H,4-5,9-12,14H2,1-3H3,(H,20,24)(H,21,22). The first-order valence-electron chi connectivity index (χ1n) is 9.13. The largest absolute Gasteiger partial charge is 0.378 e. The lowest BCUT2D eigenvalue weighted by molar-refractivity contribution is 0.0263. The SMILES string of the molecule is CCNC(=NCc1cccc(C(=O)NC)c1)N1CCC(OCC)CC1. The molecule has 25 heavy (non-hydrogen) atoms. The van der Waals surface area contributed by atoms with E-state index >= 15 is 0 Å². The zero-order valence-electron chi connectivity index (χ0n) is 15.5. The third kappa shape index (κ3) is 5.74. The van der Waals surface area contributed by atoms with Gasteiger partial charge in [-0.25, -0.2) is 4.99 Å². The van der Waals surface area contributed by atoms with Gasteiger partial charge < -0.3 is 20.3 Å². The number of hydrogen-bond acceptors (Lipinski definition) is 3. The molecule has 0 atom stereocenters. The van der Waals surface area contributed by atoms with E-state index in [-0.39, 0.29) is 5.91 Å². The maximum atomic E-state index is 11.8. The molecule has 1 aromatic rings. The summed E-state index contributed by atoms with van der Waals surface area (Å²) in [5.74, 6) is 0.860. The first-order valence-corrected chi connectivity index (χ1v) is 9.13. The van der Waals surface area contributed by atoms with Gasteiger partial charge in [-0.3, -0.25) is 4.79 Å². The Labute approximate surface area is 150 Å². The van der Waals surface area contributed by atoms with E-state index in [1.165, 1.54) is 0 Å². The average Bonchev–Trinajstić information content (AvgIpc) is 2.65. The molecule has 1 aliphatic heterocycles. The van der Waals surface area contributed by atoms with E-state index in [9.17, 15) is 4.79 Å². The highest BCUT2D eigenvalue weighted by Gasteiger charge is 2.21. The molecule has 1 fully saturated rings. The molecule has 0 radical (unpaired) electrons. The van der Waals surface area contributed by atoms with Crippen molar-refractivity contribution in [2.45, 2.75) is 39.3 Å². The van der Waals surface area contributed by atoms with Gasteiger partial charge in [-0.2, -0.15) is 0 Å². The van der Waals surface area contributed by atoms with Crippen molar-refractivity contribution in [3.63, 3.8) is 0 Å². The van der Waals surface area contributed by atoms with Crippen LogP contribution >= 0.6 is 0 Å². The Kier molecular flexibility index (Phi) is 7.73. The number of likely N-dealkylation sites (tertiary alicyclic amines) is 1. The fourth-order valence-corrected chi connectivity index (χ4v) is 3.02. The molecule has 0 aliphatic carbocycles. The summed E-state index contributed by atoms with van der Waals surface area (Å²) in [5, 5.41) is 6.03. The van der Waals surface area contributed by atoms with Crippen LogP contribution in [-0.4, -0.2) is 56.2 Å². The minimum atomic E-state index is -0.0734. The maximum Gasteiger partial charge on any atom is 0.251 e. The molecule has 6 nitrogen and oxygen atoms in total. The van der Waals surface area contributed by atoms with Gasteiger partial charge in [0.1, 0.15) is 0 Å². The number of rotatable bonds is 6. The normalized spacial score (nSPS) is 16.0. The van der Waals surface area contributed by atoms with Gasteiger partial charge in [0.05, 0.1) is 12.6 Å². The van der Waals surface area contributed by atoms with Crippen molar-refractivity contribution < 1.29 is 9.53 Å². The molecule has 1 aliphatic rings. The number of piperidine rings is 1. The number of carbonyl (C=O) groups excluding carboxylic acids is 1. The average molecular weight is 346 g/mol. The molecule has 1 heterocycles. The van der Waals surface area contributed by atoms with Crippen molar-refractivity contribution in [1.82, 2.24) is 15.5 Å². The lowest BCUT2D eigenvalue weighted by atomic mass is 10.1. The third-order valence-corrected chi connectivity index (χ3v) is 4.31. The Morgan fingerprint density at radius 3 is 2.72 bits per heavy atom. The molecule has 1 amide bonds. The lowest BCUT2D eigenvalue weighted by Gasteiger charge is -2.34. The van der Waals surface area contributed by atoms with Gasteiger partial charge in [-0.15, -0.1) is 0 Å². The molecule has 1 aromatic carbocycles. The summed E-state index contributed by atoms with van der Waals surface area (Å²) in [4.78, 5) is 18.8. The van der Waals surface area contributed by atoms with E-state index < -0.39 is 0 Å². The highest BCUT2D eigenvalue weighted by molar-refractivity contribution is 5.94. The van der Waals surface area contributed by atoms with Gasteiger partial charge in [0.2, 0.25) is 0 Å². The maximum absolute atomic E-state index is 11.8. The predicted octanol–water partition coefficient (Wildman–Crippen LogP) is 2.01. The van der Waals surface area contributed by atoms with Crippen LogP contribution in [0.3, 0.4) is 0 Å². The van der Waals surface area contributed by atoms with Crippen molar-refractivity contribution in [2.75, 3.05) is 33.3 Å². The molecule has 138 valence electrons. The van der Waals surface area contributed by atoms with Crippen LogP contribution in [0.25, 0.3) is 0 Å². The molecule has 2 rings (SSSR count). The summed E-state index contributed by atoms with van der Waals surface area (Å²) in [7, 11) is 1.64. The second kappa shape index (κ2) is 10.0. The molecule has 0 spiro atoms. The molecule has 6 heteroatoms. The summed E-state index contributed by atoms with van der Waals surface area (Å²) >= 11 is 0. The number of benzene rings is 1.